The van der Waals surface area contributed by atoms with Crippen LogP contribution in [-0.4, -0.2) is 29.0 Å². The Kier molecular flexibility index (Phi) is 6.39. The van der Waals surface area contributed by atoms with Crippen LogP contribution in [-0.2, 0) is 9.59 Å². The Morgan fingerprint density at radius 1 is 0.971 bits per heavy atom. The van der Waals surface area contributed by atoms with Gasteiger partial charge in [-0.25, -0.2) is 0 Å². The van der Waals surface area contributed by atoms with Gasteiger partial charge in [-0.2, -0.15) is 0 Å². The number of aromatic hydroxyl groups is 1. The molecule has 1 fully saturated rings. The van der Waals surface area contributed by atoms with Crippen molar-refractivity contribution < 1.29 is 24.5 Å². The number of phenolic OH excluding ortho intramolecular Hbond substituents is 1. The molecule has 3 aromatic carbocycles. The smallest absolute Gasteiger partial charge is 0.300 e. The van der Waals surface area contributed by atoms with E-state index >= 15 is 0 Å². The number of methoxy groups -OCH3 is 1. The number of phenols is 1. The van der Waals surface area contributed by atoms with E-state index in [2.05, 4.69) is 0 Å². The third-order valence-corrected chi connectivity index (χ3v) is 6.48. The van der Waals surface area contributed by atoms with E-state index in [-0.39, 0.29) is 23.0 Å². The number of hydrogen-bond acceptors (Lipinski definition) is 5. The van der Waals surface area contributed by atoms with Crippen molar-refractivity contribution in [2.75, 3.05) is 12.0 Å². The highest BCUT2D eigenvalue weighted by Gasteiger charge is 2.47. The van der Waals surface area contributed by atoms with Crippen LogP contribution in [0.25, 0.3) is 5.76 Å². The fourth-order valence-corrected chi connectivity index (χ4v) is 4.61. The lowest BCUT2D eigenvalue weighted by Crippen LogP contribution is -2.30. The summed E-state index contributed by atoms with van der Waals surface area (Å²) in [7, 11) is 1.60. The van der Waals surface area contributed by atoms with Crippen LogP contribution in [0.5, 0.6) is 11.5 Å². The zero-order chi connectivity index (χ0) is 25.4. The zero-order valence-corrected chi connectivity index (χ0v) is 20.5. The van der Waals surface area contributed by atoms with Gasteiger partial charge in [-0.15, -0.1) is 0 Å². The van der Waals surface area contributed by atoms with Crippen LogP contribution in [0.15, 0.2) is 66.2 Å². The molecule has 1 saturated heterocycles. The number of aliphatic hydroxyl groups is 1. The predicted octanol–water partition coefficient (Wildman–Crippen LogP) is 5.77. The first-order valence-electron chi connectivity index (χ1n) is 11.5. The average Bonchev–Trinajstić information content (AvgIpc) is 3.09. The number of amides is 1. The summed E-state index contributed by atoms with van der Waals surface area (Å²) in [5.41, 5.74) is 4.08. The van der Waals surface area contributed by atoms with E-state index in [4.69, 9.17) is 4.74 Å². The lowest BCUT2D eigenvalue weighted by Gasteiger charge is -2.27. The number of para-hydroxylation sites is 1. The van der Waals surface area contributed by atoms with Crippen molar-refractivity contribution in [1.29, 1.82) is 0 Å². The van der Waals surface area contributed by atoms with Gasteiger partial charge in [0.1, 0.15) is 17.3 Å². The van der Waals surface area contributed by atoms with Crippen molar-refractivity contribution in [1.82, 2.24) is 0 Å². The maximum atomic E-state index is 13.4. The van der Waals surface area contributed by atoms with Gasteiger partial charge in [-0.05, 0) is 72.4 Å². The highest BCUT2D eigenvalue weighted by molar-refractivity contribution is 6.51. The summed E-state index contributed by atoms with van der Waals surface area (Å²) in [4.78, 5) is 28.2. The molecule has 0 spiro atoms. The zero-order valence-electron chi connectivity index (χ0n) is 20.5. The van der Waals surface area contributed by atoms with Crippen LogP contribution in [0.1, 0.15) is 53.6 Å². The minimum atomic E-state index is -0.860. The number of aryl methyl sites for hydroxylation is 2. The highest BCUT2D eigenvalue weighted by atomic mass is 16.5. The van der Waals surface area contributed by atoms with Crippen molar-refractivity contribution in [2.45, 2.75) is 39.7 Å². The molecule has 0 aliphatic carbocycles. The van der Waals surface area contributed by atoms with Gasteiger partial charge in [0.15, 0.2) is 0 Å². The summed E-state index contributed by atoms with van der Waals surface area (Å²) in [5.74, 6) is -0.836. The second kappa shape index (κ2) is 9.29. The maximum Gasteiger partial charge on any atom is 0.300 e. The average molecular weight is 472 g/mol. The Morgan fingerprint density at radius 3 is 2.23 bits per heavy atom. The Labute approximate surface area is 205 Å². The van der Waals surface area contributed by atoms with E-state index in [1.54, 1.807) is 31.4 Å². The number of Topliss-reactive ketones (excluding diaryl/α,β-unsaturated/α-hetero) is 1. The van der Waals surface area contributed by atoms with Crippen molar-refractivity contribution >= 4 is 23.1 Å². The topological polar surface area (TPSA) is 87.1 Å². The Hall–Kier alpha value is -4.06. The van der Waals surface area contributed by atoms with E-state index in [1.165, 1.54) is 17.0 Å². The molecule has 0 aromatic heterocycles. The number of nitrogens with zero attached hydrogens (tertiary/aromatic N) is 1. The quantitative estimate of drug-likeness (QED) is 0.280. The van der Waals surface area contributed by atoms with Crippen LogP contribution in [0.2, 0.25) is 0 Å². The van der Waals surface area contributed by atoms with Gasteiger partial charge >= 0.3 is 0 Å². The molecular weight excluding hydrogens is 442 g/mol. The van der Waals surface area contributed by atoms with Gasteiger partial charge < -0.3 is 14.9 Å². The normalized spacial score (nSPS) is 17.3. The summed E-state index contributed by atoms with van der Waals surface area (Å²) in [6, 6.07) is 16.4. The molecule has 180 valence electrons. The molecule has 3 aromatic rings. The van der Waals surface area contributed by atoms with Crippen LogP contribution in [0.4, 0.5) is 5.69 Å². The summed E-state index contributed by atoms with van der Waals surface area (Å²) in [6.45, 7) is 7.73. The van der Waals surface area contributed by atoms with Crippen molar-refractivity contribution in [3.63, 3.8) is 0 Å². The molecule has 35 heavy (non-hydrogen) atoms. The second-order valence-corrected chi connectivity index (χ2v) is 9.11. The van der Waals surface area contributed by atoms with Gasteiger partial charge in [0.2, 0.25) is 0 Å². The molecule has 6 nitrogen and oxygen atoms in total. The molecule has 1 aliphatic rings. The van der Waals surface area contributed by atoms with Gasteiger partial charge in [0, 0.05) is 11.3 Å². The van der Waals surface area contributed by atoms with Gasteiger partial charge in [0.25, 0.3) is 11.7 Å². The van der Waals surface area contributed by atoms with Gasteiger partial charge in [-0.1, -0.05) is 44.2 Å². The largest absolute Gasteiger partial charge is 0.508 e. The third-order valence-electron chi connectivity index (χ3n) is 6.48. The number of hydrogen-bond donors (Lipinski definition) is 2. The number of anilines is 1. The van der Waals surface area contributed by atoms with E-state index in [9.17, 15) is 19.8 Å². The molecule has 1 amide bonds. The van der Waals surface area contributed by atoms with E-state index in [1.807, 2.05) is 52.0 Å². The molecular formula is C29H29NO5. The SMILES string of the molecule is COc1cc(C)c(/C(O)=C2\C(=O)C(=O)N(c3ccccc3C)C2c2ccc(O)cc2)cc1C(C)C. The number of rotatable bonds is 5. The molecule has 1 atom stereocenters. The Morgan fingerprint density at radius 2 is 1.63 bits per heavy atom. The van der Waals surface area contributed by atoms with Crippen molar-refractivity contribution in [3.05, 3.63) is 94.1 Å². The number of benzene rings is 3. The minimum Gasteiger partial charge on any atom is -0.508 e. The first kappa shape index (κ1) is 24.1. The number of carbonyl (C=O) groups excluding carboxylic acids is 2. The number of ether oxygens (including phenoxy) is 1. The van der Waals surface area contributed by atoms with E-state index < -0.39 is 17.7 Å². The first-order chi connectivity index (χ1) is 16.6. The first-order valence-corrected chi connectivity index (χ1v) is 11.5. The van der Waals surface area contributed by atoms with Crippen molar-refractivity contribution in [3.8, 4) is 11.5 Å². The Bertz CT molecular complexity index is 1340. The molecule has 0 radical (unpaired) electrons. The molecule has 1 aliphatic heterocycles. The van der Waals surface area contributed by atoms with Crippen molar-refractivity contribution in [2.24, 2.45) is 0 Å². The van der Waals surface area contributed by atoms with E-state index in [0.717, 1.165) is 16.7 Å². The predicted molar refractivity (Wildman–Crippen MR) is 136 cm³/mol. The van der Waals surface area contributed by atoms with Crippen LogP contribution < -0.4 is 9.64 Å². The van der Waals surface area contributed by atoms with Crippen LogP contribution in [0, 0.1) is 13.8 Å². The number of carbonyl (C=O) groups is 2. The summed E-state index contributed by atoms with van der Waals surface area (Å²) in [6.07, 6.45) is 0. The van der Waals surface area contributed by atoms with Gasteiger partial charge in [-0.3, -0.25) is 14.5 Å². The monoisotopic (exact) mass is 471 g/mol. The van der Waals surface area contributed by atoms with E-state index in [0.29, 0.717) is 22.6 Å². The molecule has 6 heteroatoms. The molecule has 4 rings (SSSR count). The fraction of sp³-hybridized carbons (Fsp3) is 0.241. The van der Waals surface area contributed by atoms with Gasteiger partial charge in [0.05, 0.1) is 18.7 Å². The van der Waals surface area contributed by atoms with Crippen LogP contribution >= 0.6 is 0 Å². The second-order valence-electron chi connectivity index (χ2n) is 9.11. The third kappa shape index (κ3) is 4.16. The lowest BCUT2D eigenvalue weighted by molar-refractivity contribution is -0.132. The molecule has 2 N–H and O–H groups in total. The summed E-state index contributed by atoms with van der Waals surface area (Å²) >= 11 is 0. The molecule has 0 bridgehead atoms. The fourth-order valence-electron chi connectivity index (χ4n) is 4.61. The summed E-state index contributed by atoms with van der Waals surface area (Å²) < 4.78 is 5.52. The minimum absolute atomic E-state index is 0.00640. The molecule has 0 saturated carbocycles. The lowest BCUT2D eigenvalue weighted by atomic mass is 9.91. The number of aliphatic hydroxyl groups excluding tert-OH is 1. The molecule has 1 unspecified atom stereocenters. The Balaban J connectivity index is 2.00. The standard InChI is InChI=1S/C29H29NO5/c1-16(2)21-15-22(18(4)14-24(21)35-5)27(32)25-26(19-10-12-20(31)13-11-19)30(29(34)28(25)33)23-9-7-6-8-17(23)3/h6-16,26,31-32H,1-5H3/b27-25+. The molecule has 1 heterocycles. The highest BCUT2D eigenvalue weighted by Crippen LogP contribution is 2.44. The summed E-state index contributed by atoms with van der Waals surface area (Å²) in [5, 5.41) is 21.4. The van der Waals surface area contributed by atoms with Crippen LogP contribution in [0.3, 0.4) is 0 Å². The maximum absolute atomic E-state index is 13.4. The number of ketones is 1.